The summed E-state index contributed by atoms with van der Waals surface area (Å²) in [6, 6.07) is 7.54. The van der Waals surface area contributed by atoms with E-state index in [9.17, 15) is 10.5 Å². The van der Waals surface area contributed by atoms with Crippen LogP contribution in [0.25, 0.3) is 0 Å². The number of methoxy groups -OCH3 is 3. The maximum atomic E-state index is 9.43. The molecule has 2 N–H and O–H groups in total. The van der Waals surface area contributed by atoms with Crippen LogP contribution in [0.2, 0.25) is 0 Å². The van der Waals surface area contributed by atoms with Crippen molar-refractivity contribution < 1.29 is 14.2 Å². The second-order valence-electron chi connectivity index (χ2n) is 6.75. The summed E-state index contributed by atoms with van der Waals surface area (Å²) in [5, 5.41) is 24.8. The Kier molecular flexibility index (Phi) is 7.61. The Balaban J connectivity index is 3.10. The molecule has 0 heterocycles. The molecule has 7 heteroatoms. The molecular weight excluding hydrogens is 332 g/mol. The molecule has 0 fully saturated rings. The van der Waals surface area contributed by atoms with Crippen molar-refractivity contribution in [3.05, 3.63) is 29.1 Å². The number of nitrogens with one attached hydrogen (secondary N) is 2. The fourth-order valence-electron chi connectivity index (χ4n) is 2.15. The fourth-order valence-corrected chi connectivity index (χ4v) is 2.15. The van der Waals surface area contributed by atoms with Gasteiger partial charge in [0.25, 0.3) is 0 Å². The Morgan fingerprint density at radius 3 is 1.81 bits per heavy atom. The molecule has 0 bridgehead atoms. The quantitative estimate of drug-likeness (QED) is 0.689. The van der Waals surface area contributed by atoms with Crippen LogP contribution in [-0.2, 0) is 6.54 Å². The lowest BCUT2D eigenvalue weighted by atomic mass is 9.97. The van der Waals surface area contributed by atoms with Gasteiger partial charge in [-0.05, 0) is 5.41 Å². The van der Waals surface area contributed by atoms with Gasteiger partial charge in [0.2, 0.25) is 0 Å². The molecule has 0 saturated carbocycles. The van der Waals surface area contributed by atoms with Gasteiger partial charge in [0.15, 0.2) is 0 Å². The zero-order valence-corrected chi connectivity index (χ0v) is 16.2. The van der Waals surface area contributed by atoms with Crippen molar-refractivity contribution in [2.45, 2.75) is 27.3 Å². The van der Waals surface area contributed by atoms with Crippen LogP contribution in [0.4, 0.5) is 0 Å². The second-order valence-corrected chi connectivity index (χ2v) is 6.75. The average molecular weight is 358 g/mol. The van der Waals surface area contributed by atoms with Crippen LogP contribution < -0.4 is 24.8 Å². The van der Waals surface area contributed by atoms with Crippen molar-refractivity contribution in [1.82, 2.24) is 10.6 Å². The summed E-state index contributed by atoms with van der Waals surface area (Å²) in [4.78, 5) is 0. The molecule has 26 heavy (non-hydrogen) atoms. The van der Waals surface area contributed by atoms with Gasteiger partial charge in [0.05, 0.1) is 26.9 Å². The van der Waals surface area contributed by atoms with Crippen LogP contribution >= 0.6 is 0 Å². The largest absolute Gasteiger partial charge is 0.496 e. The summed E-state index contributed by atoms with van der Waals surface area (Å²) in [5.41, 5.74) is 1.06. The van der Waals surface area contributed by atoms with Crippen LogP contribution in [0.5, 0.6) is 17.2 Å². The number of hydrogen-bond acceptors (Lipinski definition) is 7. The van der Waals surface area contributed by atoms with Crippen LogP contribution in [-0.4, -0.2) is 27.9 Å². The first kappa shape index (κ1) is 21.0. The molecule has 0 spiro atoms. The number of rotatable bonds is 8. The van der Waals surface area contributed by atoms with E-state index in [-0.39, 0.29) is 23.4 Å². The van der Waals surface area contributed by atoms with Gasteiger partial charge in [-0.2, -0.15) is 10.5 Å². The minimum absolute atomic E-state index is 0.0227. The van der Waals surface area contributed by atoms with E-state index in [0.717, 1.165) is 5.56 Å². The minimum atomic E-state index is -0.0227. The van der Waals surface area contributed by atoms with Crippen molar-refractivity contribution in [3.8, 4) is 29.4 Å². The number of nitriles is 2. The number of allylic oxidation sites excluding steroid dienone is 2. The molecule has 0 radical (unpaired) electrons. The molecule has 0 aliphatic rings. The normalized spacial score (nSPS) is 11.5. The highest BCUT2D eigenvalue weighted by Crippen LogP contribution is 2.34. The molecule has 0 saturated heterocycles. The minimum Gasteiger partial charge on any atom is -0.496 e. The first-order chi connectivity index (χ1) is 12.3. The smallest absolute Gasteiger partial charge is 0.148 e. The lowest BCUT2D eigenvalue weighted by molar-refractivity contribution is 0.367. The maximum absolute atomic E-state index is 9.43. The van der Waals surface area contributed by atoms with Crippen LogP contribution in [0, 0.1) is 28.1 Å². The van der Waals surface area contributed by atoms with E-state index in [1.165, 1.54) is 0 Å². The maximum Gasteiger partial charge on any atom is 0.148 e. The van der Waals surface area contributed by atoms with Gasteiger partial charge < -0.3 is 24.8 Å². The molecule has 7 nitrogen and oxygen atoms in total. The number of nitrogens with zero attached hydrogens (tertiary/aromatic N) is 2. The van der Waals surface area contributed by atoms with Crippen molar-refractivity contribution in [2.24, 2.45) is 5.41 Å². The fraction of sp³-hybridized carbons (Fsp3) is 0.474. The Hall–Kier alpha value is -3.06. The van der Waals surface area contributed by atoms with Gasteiger partial charge in [0.1, 0.15) is 40.8 Å². The summed E-state index contributed by atoms with van der Waals surface area (Å²) in [6.07, 6.45) is 0. The first-order valence-electron chi connectivity index (χ1n) is 8.10. The summed E-state index contributed by atoms with van der Waals surface area (Å²) < 4.78 is 16.0. The monoisotopic (exact) mass is 358 g/mol. The zero-order chi connectivity index (χ0) is 19.7. The van der Waals surface area contributed by atoms with Gasteiger partial charge in [0, 0.05) is 25.2 Å². The molecule has 1 aromatic carbocycles. The van der Waals surface area contributed by atoms with E-state index < -0.39 is 0 Å². The third-order valence-corrected chi connectivity index (χ3v) is 3.53. The Bertz CT molecular complexity index is 712. The molecule has 0 aliphatic heterocycles. The Morgan fingerprint density at radius 2 is 1.42 bits per heavy atom. The summed E-state index contributed by atoms with van der Waals surface area (Å²) in [6.45, 7) is 6.95. The van der Waals surface area contributed by atoms with Crippen LogP contribution in [0.1, 0.15) is 26.3 Å². The van der Waals surface area contributed by atoms with Crippen molar-refractivity contribution in [1.29, 1.82) is 10.5 Å². The average Bonchev–Trinajstić information content (AvgIpc) is 2.62. The van der Waals surface area contributed by atoms with Crippen LogP contribution in [0.3, 0.4) is 0 Å². The molecule has 0 aliphatic carbocycles. The summed E-state index contributed by atoms with van der Waals surface area (Å²) >= 11 is 0. The lowest BCUT2D eigenvalue weighted by Crippen LogP contribution is -2.29. The standard InChI is InChI=1S/C19H26N4O3/c1-19(2,3)12-23-16(10-21)15(9-20)22-11-14-17(25-5)7-13(24-4)8-18(14)26-6/h7-8,22-23H,11-12H2,1-6H3/b16-15-. The lowest BCUT2D eigenvalue weighted by Gasteiger charge is -2.20. The summed E-state index contributed by atoms with van der Waals surface area (Å²) in [7, 11) is 4.65. The molecule has 1 aromatic rings. The Labute approximate surface area is 155 Å². The van der Waals surface area contributed by atoms with E-state index in [4.69, 9.17) is 14.2 Å². The van der Waals surface area contributed by atoms with E-state index in [2.05, 4.69) is 10.6 Å². The molecule has 0 unspecified atom stereocenters. The first-order valence-corrected chi connectivity index (χ1v) is 8.10. The van der Waals surface area contributed by atoms with Crippen LogP contribution in [0.15, 0.2) is 23.5 Å². The molecule has 140 valence electrons. The highest BCUT2D eigenvalue weighted by atomic mass is 16.5. The second kappa shape index (κ2) is 9.43. The molecular formula is C19H26N4O3. The highest BCUT2D eigenvalue weighted by molar-refractivity contribution is 5.51. The van der Waals surface area contributed by atoms with E-state index >= 15 is 0 Å². The van der Waals surface area contributed by atoms with Gasteiger partial charge in [-0.3, -0.25) is 0 Å². The van der Waals surface area contributed by atoms with E-state index in [1.807, 2.05) is 32.9 Å². The highest BCUT2D eigenvalue weighted by Gasteiger charge is 2.16. The Morgan fingerprint density at radius 1 is 0.923 bits per heavy atom. The predicted octanol–water partition coefficient (Wildman–Crippen LogP) is 2.70. The van der Waals surface area contributed by atoms with Crippen molar-refractivity contribution in [2.75, 3.05) is 27.9 Å². The zero-order valence-electron chi connectivity index (χ0n) is 16.2. The van der Waals surface area contributed by atoms with Crippen molar-refractivity contribution >= 4 is 0 Å². The number of ether oxygens (including phenoxy) is 3. The topological polar surface area (TPSA) is 99.3 Å². The van der Waals surface area contributed by atoms with Gasteiger partial charge in [-0.1, -0.05) is 20.8 Å². The van der Waals surface area contributed by atoms with Gasteiger partial charge in [-0.15, -0.1) is 0 Å². The third-order valence-electron chi connectivity index (χ3n) is 3.53. The summed E-state index contributed by atoms with van der Waals surface area (Å²) in [5.74, 6) is 1.72. The van der Waals surface area contributed by atoms with Crippen molar-refractivity contribution in [3.63, 3.8) is 0 Å². The van der Waals surface area contributed by atoms with E-state index in [1.54, 1.807) is 33.5 Å². The molecule has 0 amide bonds. The van der Waals surface area contributed by atoms with Gasteiger partial charge in [-0.25, -0.2) is 0 Å². The number of benzene rings is 1. The molecule has 0 atom stereocenters. The molecule has 0 aromatic heterocycles. The van der Waals surface area contributed by atoms with E-state index in [0.29, 0.717) is 23.8 Å². The van der Waals surface area contributed by atoms with Gasteiger partial charge >= 0.3 is 0 Å². The molecule has 1 rings (SSSR count). The number of hydrogen-bond donors (Lipinski definition) is 2. The third kappa shape index (κ3) is 5.78. The predicted molar refractivity (Wildman–Crippen MR) is 98.6 cm³/mol. The SMILES string of the molecule is COc1cc(OC)c(CN/C(C#N)=C(/C#N)NCC(C)(C)C)c(OC)c1.